The molecule has 0 saturated heterocycles. The number of nitrogens with zero attached hydrogens (tertiary/aromatic N) is 2. The molecule has 3 aromatic rings. The lowest BCUT2D eigenvalue weighted by atomic mass is 10.1. The van der Waals surface area contributed by atoms with Crippen molar-refractivity contribution in [2.75, 3.05) is 5.32 Å². The van der Waals surface area contributed by atoms with E-state index >= 15 is 0 Å². The number of hydrogen-bond donors (Lipinski definition) is 1. The molecule has 2 aromatic carbocycles. The molecule has 3 rings (SSSR count). The third-order valence-corrected chi connectivity index (χ3v) is 4.61. The number of halogens is 1. The molecule has 0 bridgehead atoms. The van der Waals surface area contributed by atoms with Crippen molar-refractivity contribution in [1.29, 1.82) is 0 Å². The zero-order valence-corrected chi connectivity index (χ0v) is 16.3. The van der Waals surface area contributed by atoms with E-state index in [1.165, 1.54) is 0 Å². The number of carbonyl (C=O) groups excluding carboxylic acids is 1. The Labute approximate surface area is 162 Å². The van der Waals surface area contributed by atoms with Gasteiger partial charge < -0.3 is 9.26 Å². The fourth-order valence-electron chi connectivity index (χ4n) is 2.61. The van der Waals surface area contributed by atoms with Gasteiger partial charge in [-0.2, -0.15) is 4.98 Å². The van der Waals surface area contributed by atoms with E-state index in [2.05, 4.69) is 15.5 Å². The molecule has 1 heterocycles. The van der Waals surface area contributed by atoms with Crippen LogP contribution in [-0.2, 0) is 4.79 Å². The smallest absolute Gasteiger partial charge is 0.270 e. The minimum atomic E-state index is -0.745. The maximum Gasteiger partial charge on any atom is 0.270 e. The Morgan fingerprint density at radius 2 is 1.89 bits per heavy atom. The number of hydrogen-bond acceptors (Lipinski definition) is 5. The quantitative estimate of drug-likeness (QED) is 0.687. The summed E-state index contributed by atoms with van der Waals surface area (Å²) in [4.78, 5) is 16.6. The summed E-state index contributed by atoms with van der Waals surface area (Å²) in [5.41, 5.74) is 3.65. The lowest BCUT2D eigenvalue weighted by Crippen LogP contribution is -2.30. The molecule has 0 fully saturated rings. The summed E-state index contributed by atoms with van der Waals surface area (Å²) in [5, 5.41) is 7.09. The SMILES string of the molecule is Cc1cccc(-c2nc(NC(=O)[C@H](C)Oc3cc(C)c(Cl)c(C)c3)no2)c1. The van der Waals surface area contributed by atoms with Gasteiger partial charge in [-0.3, -0.25) is 10.1 Å². The van der Waals surface area contributed by atoms with Gasteiger partial charge in [0, 0.05) is 10.6 Å². The number of aryl methyl sites for hydroxylation is 3. The minimum absolute atomic E-state index is 0.0930. The largest absolute Gasteiger partial charge is 0.481 e. The van der Waals surface area contributed by atoms with Crippen LogP contribution in [0, 0.1) is 20.8 Å². The molecule has 1 amide bonds. The summed E-state index contributed by atoms with van der Waals surface area (Å²) in [7, 11) is 0. The van der Waals surface area contributed by atoms with Crippen molar-refractivity contribution in [1.82, 2.24) is 10.1 Å². The van der Waals surface area contributed by atoms with Gasteiger partial charge in [-0.05, 0) is 68.2 Å². The normalized spacial score (nSPS) is 11.9. The Balaban J connectivity index is 1.67. The predicted molar refractivity (Wildman–Crippen MR) is 104 cm³/mol. The maximum absolute atomic E-state index is 12.4. The van der Waals surface area contributed by atoms with Gasteiger partial charge in [0.15, 0.2) is 6.10 Å². The van der Waals surface area contributed by atoms with Crippen LogP contribution in [0.15, 0.2) is 40.9 Å². The molecule has 0 aliphatic rings. The van der Waals surface area contributed by atoms with E-state index in [0.29, 0.717) is 16.7 Å². The first-order chi connectivity index (χ1) is 12.8. The fraction of sp³-hybridized carbons (Fsp3) is 0.250. The van der Waals surface area contributed by atoms with Crippen molar-refractivity contribution in [3.8, 4) is 17.2 Å². The van der Waals surface area contributed by atoms with E-state index in [9.17, 15) is 4.79 Å². The van der Waals surface area contributed by atoms with Crippen LogP contribution in [-0.4, -0.2) is 22.2 Å². The van der Waals surface area contributed by atoms with E-state index < -0.39 is 6.10 Å². The summed E-state index contributed by atoms with van der Waals surface area (Å²) in [6, 6.07) is 11.3. The Kier molecular flexibility index (Phi) is 5.46. The first-order valence-electron chi connectivity index (χ1n) is 8.48. The van der Waals surface area contributed by atoms with Crippen LogP contribution in [0.1, 0.15) is 23.6 Å². The number of rotatable bonds is 5. The molecule has 6 nitrogen and oxygen atoms in total. The van der Waals surface area contributed by atoms with Gasteiger partial charge in [-0.15, -0.1) is 0 Å². The van der Waals surface area contributed by atoms with Crippen LogP contribution >= 0.6 is 11.6 Å². The van der Waals surface area contributed by atoms with Crippen LogP contribution < -0.4 is 10.1 Å². The van der Waals surface area contributed by atoms with Crippen molar-refractivity contribution >= 4 is 23.5 Å². The van der Waals surface area contributed by atoms with Gasteiger partial charge in [0.05, 0.1) is 0 Å². The molecule has 0 aliphatic heterocycles. The van der Waals surface area contributed by atoms with Crippen molar-refractivity contribution in [3.63, 3.8) is 0 Å². The molecule has 140 valence electrons. The minimum Gasteiger partial charge on any atom is -0.481 e. The number of ether oxygens (including phenoxy) is 1. The molecule has 0 aliphatic carbocycles. The number of amides is 1. The van der Waals surface area contributed by atoms with Gasteiger partial charge in [0.1, 0.15) is 5.75 Å². The van der Waals surface area contributed by atoms with E-state index in [1.54, 1.807) is 19.1 Å². The fourth-order valence-corrected chi connectivity index (χ4v) is 2.72. The van der Waals surface area contributed by atoms with Gasteiger partial charge >= 0.3 is 0 Å². The Bertz CT molecular complexity index is 961. The molecular formula is C20H20ClN3O3. The topological polar surface area (TPSA) is 77.2 Å². The van der Waals surface area contributed by atoms with Crippen molar-refractivity contribution in [2.45, 2.75) is 33.8 Å². The van der Waals surface area contributed by atoms with E-state index in [-0.39, 0.29) is 11.9 Å². The molecular weight excluding hydrogens is 366 g/mol. The Morgan fingerprint density at radius 3 is 2.56 bits per heavy atom. The molecule has 27 heavy (non-hydrogen) atoms. The number of nitrogens with one attached hydrogen (secondary N) is 1. The number of carbonyl (C=O) groups is 1. The maximum atomic E-state index is 12.4. The van der Waals surface area contributed by atoms with Crippen LogP contribution in [0.25, 0.3) is 11.5 Å². The highest BCUT2D eigenvalue weighted by Crippen LogP contribution is 2.26. The number of benzene rings is 2. The summed E-state index contributed by atoms with van der Waals surface area (Å²) < 4.78 is 10.9. The molecule has 1 atom stereocenters. The zero-order valence-electron chi connectivity index (χ0n) is 15.5. The summed E-state index contributed by atoms with van der Waals surface area (Å²) in [5.74, 6) is 0.629. The van der Waals surface area contributed by atoms with Crippen molar-refractivity contribution < 1.29 is 14.1 Å². The lowest BCUT2D eigenvalue weighted by molar-refractivity contribution is -0.122. The molecule has 7 heteroatoms. The highest BCUT2D eigenvalue weighted by Gasteiger charge is 2.19. The van der Waals surface area contributed by atoms with Gasteiger partial charge in [-0.25, -0.2) is 0 Å². The summed E-state index contributed by atoms with van der Waals surface area (Å²) >= 11 is 6.16. The zero-order chi connectivity index (χ0) is 19.6. The molecule has 0 radical (unpaired) electrons. The third-order valence-electron chi connectivity index (χ3n) is 4.02. The molecule has 0 unspecified atom stereocenters. The third kappa shape index (κ3) is 4.46. The predicted octanol–water partition coefficient (Wildman–Crippen LogP) is 4.72. The van der Waals surface area contributed by atoms with Gasteiger partial charge in [-0.1, -0.05) is 29.3 Å². The second kappa shape index (κ2) is 7.80. The Hall–Kier alpha value is -2.86. The second-order valence-corrected chi connectivity index (χ2v) is 6.79. The summed E-state index contributed by atoms with van der Waals surface area (Å²) in [6.45, 7) is 7.40. The number of anilines is 1. The monoisotopic (exact) mass is 385 g/mol. The molecule has 0 saturated carbocycles. The highest BCUT2D eigenvalue weighted by atomic mass is 35.5. The van der Waals surface area contributed by atoms with Crippen LogP contribution in [0.3, 0.4) is 0 Å². The number of aromatic nitrogens is 2. The van der Waals surface area contributed by atoms with Crippen LogP contribution in [0.2, 0.25) is 5.02 Å². The molecule has 1 aromatic heterocycles. The van der Waals surface area contributed by atoms with Crippen LogP contribution in [0.4, 0.5) is 5.95 Å². The van der Waals surface area contributed by atoms with Crippen LogP contribution in [0.5, 0.6) is 5.75 Å². The van der Waals surface area contributed by atoms with E-state index in [1.807, 2.05) is 45.0 Å². The van der Waals surface area contributed by atoms with Gasteiger partial charge in [0.2, 0.25) is 0 Å². The van der Waals surface area contributed by atoms with Crippen molar-refractivity contribution in [3.05, 3.63) is 58.1 Å². The van der Waals surface area contributed by atoms with E-state index in [4.69, 9.17) is 20.9 Å². The first kappa shape index (κ1) is 18.9. The Morgan fingerprint density at radius 1 is 1.19 bits per heavy atom. The summed E-state index contributed by atoms with van der Waals surface area (Å²) in [6.07, 6.45) is -0.745. The molecule has 0 spiro atoms. The first-order valence-corrected chi connectivity index (χ1v) is 8.86. The van der Waals surface area contributed by atoms with Gasteiger partial charge in [0.25, 0.3) is 17.7 Å². The van der Waals surface area contributed by atoms with E-state index in [0.717, 1.165) is 22.3 Å². The lowest BCUT2D eigenvalue weighted by Gasteiger charge is -2.15. The average Bonchev–Trinajstić information content (AvgIpc) is 3.08. The molecule has 1 N–H and O–H groups in total. The highest BCUT2D eigenvalue weighted by molar-refractivity contribution is 6.32. The standard InChI is InChI=1S/C20H20ClN3O3/c1-11-6-5-7-15(8-11)19-23-20(24-27-19)22-18(25)14(4)26-16-9-12(2)17(21)13(3)10-16/h5-10,14H,1-4H3,(H,22,24,25)/t14-/m0/s1. The second-order valence-electron chi connectivity index (χ2n) is 6.41. The van der Waals surface area contributed by atoms with Crippen molar-refractivity contribution in [2.24, 2.45) is 0 Å². The average molecular weight is 386 g/mol.